The molecule has 0 aromatic carbocycles. The first kappa shape index (κ1) is 14.0. The minimum Gasteiger partial charge on any atom is -0.409 e. The molecule has 1 saturated heterocycles. The molecule has 0 aromatic rings. The van der Waals surface area contributed by atoms with E-state index in [1.165, 1.54) is 19.3 Å². The lowest BCUT2D eigenvalue weighted by Gasteiger charge is -2.33. The third-order valence-electron chi connectivity index (χ3n) is 4.25. The summed E-state index contributed by atoms with van der Waals surface area (Å²) >= 11 is 0. The monoisotopic (exact) mass is 268 g/mol. The molecular formula is C13H24N4O2. The molecule has 2 amide bonds. The molecule has 0 radical (unpaired) electrons. The molecule has 108 valence electrons. The Morgan fingerprint density at radius 1 is 1.16 bits per heavy atom. The molecule has 6 nitrogen and oxygen atoms in total. The standard InChI is InChI=1S/C13H24N4O2/c14-12(16-19)10-6-8-17(9-7-10)13(18)15-11-4-2-1-3-5-11/h10-11,19H,1-9H2,(H2,14,16)(H,15,18). The number of amides is 2. The molecule has 4 N–H and O–H groups in total. The van der Waals surface area contributed by atoms with E-state index in [-0.39, 0.29) is 17.8 Å². The lowest BCUT2D eigenvalue weighted by atomic mass is 9.95. The van der Waals surface area contributed by atoms with Gasteiger partial charge >= 0.3 is 6.03 Å². The van der Waals surface area contributed by atoms with Gasteiger partial charge in [0, 0.05) is 25.0 Å². The number of nitrogens with one attached hydrogen (secondary N) is 1. The van der Waals surface area contributed by atoms with Gasteiger partial charge in [-0.1, -0.05) is 24.4 Å². The maximum atomic E-state index is 12.1. The first-order chi connectivity index (χ1) is 9.20. The van der Waals surface area contributed by atoms with E-state index < -0.39 is 0 Å². The number of amidine groups is 1. The summed E-state index contributed by atoms with van der Waals surface area (Å²) in [6.45, 7) is 1.36. The summed E-state index contributed by atoms with van der Waals surface area (Å²) < 4.78 is 0. The van der Waals surface area contributed by atoms with Gasteiger partial charge in [0.15, 0.2) is 0 Å². The zero-order chi connectivity index (χ0) is 13.7. The number of hydrogen-bond donors (Lipinski definition) is 3. The number of urea groups is 1. The molecule has 0 spiro atoms. The van der Waals surface area contributed by atoms with Gasteiger partial charge in [-0.25, -0.2) is 4.79 Å². The number of likely N-dealkylation sites (tertiary alicyclic amines) is 1. The van der Waals surface area contributed by atoms with Crippen LogP contribution in [-0.2, 0) is 0 Å². The molecule has 2 fully saturated rings. The van der Waals surface area contributed by atoms with Crippen LogP contribution in [-0.4, -0.2) is 41.1 Å². The smallest absolute Gasteiger partial charge is 0.317 e. The number of nitrogens with zero attached hydrogens (tertiary/aromatic N) is 2. The van der Waals surface area contributed by atoms with Crippen molar-refractivity contribution >= 4 is 11.9 Å². The molecular weight excluding hydrogens is 244 g/mol. The fraction of sp³-hybridized carbons (Fsp3) is 0.846. The van der Waals surface area contributed by atoms with E-state index in [9.17, 15) is 4.79 Å². The number of piperidine rings is 1. The average molecular weight is 268 g/mol. The zero-order valence-electron chi connectivity index (χ0n) is 11.3. The van der Waals surface area contributed by atoms with Crippen molar-refractivity contribution in [2.24, 2.45) is 16.8 Å². The molecule has 19 heavy (non-hydrogen) atoms. The van der Waals surface area contributed by atoms with Gasteiger partial charge in [-0.05, 0) is 25.7 Å². The van der Waals surface area contributed by atoms with E-state index in [1.807, 2.05) is 4.90 Å². The van der Waals surface area contributed by atoms with Crippen LogP contribution in [0.15, 0.2) is 5.16 Å². The fourth-order valence-corrected chi connectivity index (χ4v) is 2.97. The van der Waals surface area contributed by atoms with Crippen LogP contribution >= 0.6 is 0 Å². The number of carbonyl (C=O) groups excluding carboxylic acids is 1. The second-order valence-electron chi connectivity index (χ2n) is 5.57. The largest absolute Gasteiger partial charge is 0.409 e. The maximum absolute atomic E-state index is 12.1. The van der Waals surface area contributed by atoms with Crippen molar-refractivity contribution in [1.82, 2.24) is 10.2 Å². The number of oxime groups is 1. The summed E-state index contributed by atoms with van der Waals surface area (Å²) in [5, 5.41) is 14.8. The lowest BCUT2D eigenvalue weighted by molar-refractivity contribution is 0.172. The highest BCUT2D eigenvalue weighted by Gasteiger charge is 2.26. The predicted octanol–water partition coefficient (Wildman–Crippen LogP) is 1.49. The Labute approximate surface area is 114 Å². The Kier molecular flexibility index (Phi) is 4.87. The van der Waals surface area contributed by atoms with Crippen molar-refractivity contribution in [2.75, 3.05) is 13.1 Å². The van der Waals surface area contributed by atoms with Crippen LogP contribution in [0.5, 0.6) is 0 Å². The summed E-state index contributed by atoms with van der Waals surface area (Å²) in [6.07, 6.45) is 7.48. The van der Waals surface area contributed by atoms with Gasteiger partial charge < -0.3 is 21.2 Å². The second kappa shape index (κ2) is 6.63. The average Bonchev–Trinajstić information content (AvgIpc) is 2.47. The minimum absolute atomic E-state index is 0.0462. The number of nitrogens with two attached hydrogens (primary N) is 1. The molecule has 0 bridgehead atoms. The summed E-state index contributed by atoms with van der Waals surface area (Å²) in [5.74, 6) is 0.385. The van der Waals surface area contributed by atoms with Crippen molar-refractivity contribution in [3.63, 3.8) is 0 Å². The number of carbonyl (C=O) groups is 1. The zero-order valence-corrected chi connectivity index (χ0v) is 11.3. The molecule has 0 atom stereocenters. The molecule has 2 aliphatic rings. The van der Waals surface area contributed by atoms with E-state index in [4.69, 9.17) is 10.9 Å². The van der Waals surface area contributed by atoms with E-state index in [2.05, 4.69) is 10.5 Å². The first-order valence-corrected chi connectivity index (χ1v) is 7.23. The summed E-state index contributed by atoms with van der Waals surface area (Å²) in [5.41, 5.74) is 5.60. The summed E-state index contributed by atoms with van der Waals surface area (Å²) in [6, 6.07) is 0.396. The highest BCUT2D eigenvalue weighted by atomic mass is 16.4. The molecule has 0 unspecified atom stereocenters. The van der Waals surface area contributed by atoms with Gasteiger partial charge in [0.2, 0.25) is 0 Å². The molecule has 1 aliphatic heterocycles. The Hall–Kier alpha value is -1.46. The Balaban J connectivity index is 1.75. The van der Waals surface area contributed by atoms with Crippen LogP contribution in [0.2, 0.25) is 0 Å². The van der Waals surface area contributed by atoms with Crippen LogP contribution in [0.3, 0.4) is 0 Å². The highest BCUT2D eigenvalue weighted by molar-refractivity contribution is 5.82. The summed E-state index contributed by atoms with van der Waals surface area (Å²) in [7, 11) is 0. The molecule has 0 aromatic heterocycles. The van der Waals surface area contributed by atoms with Gasteiger partial charge in [0.25, 0.3) is 0 Å². The van der Waals surface area contributed by atoms with E-state index in [0.717, 1.165) is 25.7 Å². The minimum atomic E-state index is 0.0462. The topological polar surface area (TPSA) is 91.0 Å². The van der Waals surface area contributed by atoms with E-state index >= 15 is 0 Å². The predicted molar refractivity (Wildman–Crippen MR) is 73.1 cm³/mol. The van der Waals surface area contributed by atoms with Gasteiger partial charge in [-0.2, -0.15) is 0 Å². The van der Waals surface area contributed by atoms with Crippen LogP contribution in [0.4, 0.5) is 4.79 Å². The van der Waals surface area contributed by atoms with Crippen molar-refractivity contribution in [3.05, 3.63) is 0 Å². The van der Waals surface area contributed by atoms with E-state index in [0.29, 0.717) is 19.1 Å². The van der Waals surface area contributed by atoms with Crippen molar-refractivity contribution in [3.8, 4) is 0 Å². The van der Waals surface area contributed by atoms with Crippen LogP contribution in [0, 0.1) is 5.92 Å². The van der Waals surface area contributed by atoms with Crippen LogP contribution in [0.1, 0.15) is 44.9 Å². The van der Waals surface area contributed by atoms with Gasteiger partial charge in [-0.15, -0.1) is 0 Å². The Morgan fingerprint density at radius 2 is 1.79 bits per heavy atom. The number of hydrogen-bond acceptors (Lipinski definition) is 3. The van der Waals surface area contributed by atoms with Crippen molar-refractivity contribution in [2.45, 2.75) is 51.0 Å². The third kappa shape index (κ3) is 3.75. The van der Waals surface area contributed by atoms with Gasteiger partial charge in [0.05, 0.1) is 0 Å². The van der Waals surface area contributed by atoms with Crippen molar-refractivity contribution in [1.29, 1.82) is 0 Å². The molecule has 2 rings (SSSR count). The SMILES string of the molecule is NC(=NO)C1CCN(C(=O)NC2CCCCC2)CC1. The van der Waals surface area contributed by atoms with Crippen LogP contribution < -0.4 is 11.1 Å². The van der Waals surface area contributed by atoms with Crippen LogP contribution in [0.25, 0.3) is 0 Å². The lowest BCUT2D eigenvalue weighted by Crippen LogP contribution is -2.49. The van der Waals surface area contributed by atoms with Gasteiger partial charge in [-0.3, -0.25) is 0 Å². The normalized spacial score (nSPS) is 23.4. The fourth-order valence-electron chi connectivity index (χ4n) is 2.97. The molecule has 1 aliphatic carbocycles. The van der Waals surface area contributed by atoms with Crippen molar-refractivity contribution < 1.29 is 10.0 Å². The second-order valence-corrected chi connectivity index (χ2v) is 5.57. The Bertz CT molecular complexity index is 332. The first-order valence-electron chi connectivity index (χ1n) is 7.23. The Morgan fingerprint density at radius 3 is 2.37 bits per heavy atom. The maximum Gasteiger partial charge on any atom is 0.317 e. The molecule has 1 saturated carbocycles. The quantitative estimate of drug-likeness (QED) is 0.307. The molecule has 6 heteroatoms. The summed E-state index contributed by atoms with van der Waals surface area (Å²) in [4.78, 5) is 14.0. The molecule has 1 heterocycles. The van der Waals surface area contributed by atoms with Gasteiger partial charge in [0.1, 0.15) is 5.84 Å². The number of rotatable bonds is 2. The third-order valence-corrected chi connectivity index (χ3v) is 4.25. The highest BCUT2D eigenvalue weighted by Crippen LogP contribution is 2.20. The van der Waals surface area contributed by atoms with E-state index in [1.54, 1.807) is 0 Å².